The number of aryl methyl sites for hydroxylation is 3. The standard InChI is InChI=1S/C29H32N2O3/c1-2-3-5-13-25-27(28(32)21-17-23(30)29(33)24(31)18-21)22-15-14-20(16-26(22)34-25)12-8-11-19-9-6-4-7-10-19/h4,6-7,9-10,14-18,33H,2-3,5,8,11-13,30-31H2,1H3. The van der Waals surface area contributed by atoms with Crippen LogP contribution >= 0.6 is 0 Å². The van der Waals surface area contributed by atoms with Crippen LogP contribution in [-0.2, 0) is 19.3 Å². The summed E-state index contributed by atoms with van der Waals surface area (Å²) in [4.78, 5) is 13.6. The number of carbonyl (C=O) groups excluding carboxylic acids is 1. The summed E-state index contributed by atoms with van der Waals surface area (Å²) in [6.45, 7) is 2.15. The Morgan fingerprint density at radius 2 is 1.56 bits per heavy atom. The van der Waals surface area contributed by atoms with Gasteiger partial charge < -0.3 is 21.0 Å². The molecule has 0 aliphatic rings. The van der Waals surface area contributed by atoms with Gasteiger partial charge in [-0.05, 0) is 55.0 Å². The Bertz CT molecular complexity index is 1270. The summed E-state index contributed by atoms with van der Waals surface area (Å²) in [5.41, 5.74) is 16.1. The molecule has 0 aliphatic carbocycles. The van der Waals surface area contributed by atoms with Crippen molar-refractivity contribution in [3.63, 3.8) is 0 Å². The maximum absolute atomic E-state index is 13.6. The maximum Gasteiger partial charge on any atom is 0.197 e. The number of phenols is 1. The lowest BCUT2D eigenvalue weighted by Gasteiger charge is -2.08. The van der Waals surface area contributed by atoms with Crippen LogP contribution in [0.2, 0.25) is 0 Å². The average molecular weight is 457 g/mol. The number of rotatable bonds is 10. The van der Waals surface area contributed by atoms with Gasteiger partial charge in [-0.3, -0.25) is 4.79 Å². The van der Waals surface area contributed by atoms with Crippen molar-refractivity contribution in [2.75, 3.05) is 11.5 Å². The topological polar surface area (TPSA) is 102 Å². The highest BCUT2D eigenvalue weighted by molar-refractivity contribution is 6.17. The Morgan fingerprint density at radius 1 is 0.853 bits per heavy atom. The van der Waals surface area contributed by atoms with Crippen molar-refractivity contribution in [3.05, 3.63) is 88.7 Å². The third kappa shape index (κ3) is 5.09. The highest BCUT2D eigenvalue weighted by Gasteiger charge is 2.23. The molecule has 1 heterocycles. The highest BCUT2D eigenvalue weighted by Crippen LogP contribution is 2.34. The number of carbonyl (C=O) groups is 1. The molecule has 3 aromatic carbocycles. The quantitative estimate of drug-likeness (QED) is 0.110. The van der Waals surface area contributed by atoms with Crippen molar-refractivity contribution in [2.24, 2.45) is 0 Å². The second kappa shape index (κ2) is 10.5. The molecule has 176 valence electrons. The highest BCUT2D eigenvalue weighted by atomic mass is 16.3. The van der Waals surface area contributed by atoms with Crippen molar-refractivity contribution >= 4 is 28.1 Å². The van der Waals surface area contributed by atoms with Crippen LogP contribution in [0.1, 0.15) is 65.4 Å². The number of nitrogen functional groups attached to an aromatic ring is 2. The monoisotopic (exact) mass is 456 g/mol. The van der Waals surface area contributed by atoms with Gasteiger partial charge >= 0.3 is 0 Å². The minimum atomic E-state index is -0.197. The summed E-state index contributed by atoms with van der Waals surface area (Å²) >= 11 is 0. The molecule has 0 radical (unpaired) electrons. The first-order chi connectivity index (χ1) is 16.5. The number of anilines is 2. The summed E-state index contributed by atoms with van der Waals surface area (Å²) in [6.07, 6.45) is 6.78. The molecule has 0 atom stereocenters. The Hall–Kier alpha value is -3.73. The minimum absolute atomic E-state index is 0.0874. The molecule has 0 saturated heterocycles. The third-order valence-electron chi connectivity index (χ3n) is 6.27. The average Bonchev–Trinajstić information content (AvgIpc) is 3.20. The predicted octanol–water partition coefficient (Wildman–Crippen LogP) is 6.44. The SMILES string of the molecule is CCCCCc1oc2cc(CCCc3ccccc3)ccc2c1C(=O)c1cc(N)c(O)c(N)c1. The van der Waals surface area contributed by atoms with E-state index in [0.29, 0.717) is 23.3 Å². The predicted molar refractivity (Wildman–Crippen MR) is 138 cm³/mol. The number of unbranched alkanes of at least 4 members (excludes halogenated alkanes) is 2. The van der Waals surface area contributed by atoms with Gasteiger partial charge in [0.1, 0.15) is 11.3 Å². The lowest BCUT2D eigenvalue weighted by Crippen LogP contribution is -2.06. The van der Waals surface area contributed by atoms with Gasteiger partial charge in [-0.2, -0.15) is 0 Å². The molecule has 0 fully saturated rings. The molecule has 4 rings (SSSR count). The second-order valence-electron chi connectivity index (χ2n) is 8.86. The van der Waals surface area contributed by atoms with E-state index < -0.39 is 0 Å². The zero-order valence-electron chi connectivity index (χ0n) is 19.6. The van der Waals surface area contributed by atoms with Crippen molar-refractivity contribution in [1.29, 1.82) is 0 Å². The number of fused-ring (bicyclic) bond motifs is 1. The Balaban J connectivity index is 1.63. The number of furan rings is 1. The maximum atomic E-state index is 13.6. The van der Waals surface area contributed by atoms with E-state index >= 15 is 0 Å². The molecule has 0 spiro atoms. The van der Waals surface area contributed by atoms with Crippen LogP contribution in [-0.4, -0.2) is 10.9 Å². The first-order valence-corrected chi connectivity index (χ1v) is 12.0. The van der Waals surface area contributed by atoms with Crippen molar-refractivity contribution in [1.82, 2.24) is 0 Å². The number of hydrogen-bond acceptors (Lipinski definition) is 5. The van der Waals surface area contributed by atoms with E-state index in [1.165, 1.54) is 23.3 Å². The smallest absolute Gasteiger partial charge is 0.197 e. The number of hydrogen-bond donors (Lipinski definition) is 3. The molecule has 0 bridgehead atoms. The summed E-state index contributed by atoms with van der Waals surface area (Å²) in [5, 5.41) is 10.7. The third-order valence-corrected chi connectivity index (χ3v) is 6.27. The summed E-state index contributed by atoms with van der Waals surface area (Å²) in [7, 11) is 0. The van der Waals surface area contributed by atoms with E-state index in [2.05, 4.69) is 43.3 Å². The van der Waals surface area contributed by atoms with Gasteiger partial charge in [0.15, 0.2) is 11.5 Å². The summed E-state index contributed by atoms with van der Waals surface area (Å²) in [5.74, 6) is 0.303. The van der Waals surface area contributed by atoms with Gasteiger partial charge in [-0.1, -0.05) is 62.2 Å². The van der Waals surface area contributed by atoms with Crippen molar-refractivity contribution in [2.45, 2.75) is 51.9 Å². The molecule has 0 aliphatic heterocycles. The Morgan fingerprint density at radius 3 is 2.26 bits per heavy atom. The number of aromatic hydroxyl groups is 1. The molecule has 1 aromatic heterocycles. The zero-order chi connectivity index (χ0) is 24.1. The van der Waals surface area contributed by atoms with Gasteiger partial charge in [0.2, 0.25) is 0 Å². The second-order valence-corrected chi connectivity index (χ2v) is 8.86. The number of benzene rings is 3. The molecular formula is C29H32N2O3. The van der Waals surface area contributed by atoms with Crippen LogP contribution in [0.5, 0.6) is 5.75 Å². The summed E-state index contributed by atoms with van der Waals surface area (Å²) < 4.78 is 6.25. The first-order valence-electron chi connectivity index (χ1n) is 12.0. The number of nitrogens with two attached hydrogens (primary N) is 2. The van der Waals surface area contributed by atoms with Crippen LogP contribution in [0.3, 0.4) is 0 Å². The van der Waals surface area contributed by atoms with Gasteiger partial charge in [-0.15, -0.1) is 0 Å². The molecule has 0 amide bonds. The van der Waals surface area contributed by atoms with E-state index in [1.807, 2.05) is 12.1 Å². The van der Waals surface area contributed by atoms with E-state index in [9.17, 15) is 9.90 Å². The Labute approximate surface area is 200 Å². The van der Waals surface area contributed by atoms with Gasteiger partial charge in [-0.25, -0.2) is 0 Å². The van der Waals surface area contributed by atoms with Crippen LogP contribution in [0.4, 0.5) is 11.4 Å². The van der Waals surface area contributed by atoms with Crippen LogP contribution in [0.15, 0.2) is 65.1 Å². The zero-order valence-corrected chi connectivity index (χ0v) is 19.6. The molecular weight excluding hydrogens is 424 g/mol. The van der Waals surface area contributed by atoms with Gasteiger partial charge in [0.05, 0.1) is 16.9 Å². The van der Waals surface area contributed by atoms with Crippen LogP contribution in [0, 0.1) is 0 Å². The van der Waals surface area contributed by atoms with Crippen LogP contribution in [0.25, 0.3) is 11.0 Å². The molecule has 34 heavy (non-hydrogen) atoms. The fourth-order valence-corrected chi connectivity index (χ4v) is 4.40. The normalized spacial score (nSPS) is 11.2. The van der Waals surface area contributed by atoms with E-state index in [4.69, 9.17) is 15.9 Å². The fraction of sp³-hybridized carbons (Fsp3) is 0.276. The van der Waals surface area contributed by atoms with Crippen LogP contribution < -0.4 is 11.5 Å². The van der Waals surface area contributed by atoms with Gasteiger partial charge in [0.25, 0.3) is 0 Å². The Kier molecular flexibility index (Phi) is 7.21. The largest absolute Gasteiger partial charge is 0.504 e. The van der Waals surface area contributed by atoms with Gasteiger partial charge in [0, 0.05) is 17.4 Å². The van der Waals surface area contributed by atoms with E-state index in [1.54, 1.807) is 0 Å². The summed E-state index contributed by atoms with van der Waals surface area (Å²) in [6, 6.07) is 19.5. The van der Waals surface area contributed by atoms with E-state index in [0.717, 1.165) is 49.5 Å². The molecule has 5 N–H and O–H groups in total. The molecule has 5 heteroatoms. The minimum Gasteiger partial charge on any atom is -0.504 e. The molecule has 5 nitrogen and oxygen atoms in total. The number of ketones is 1. The van der Waals surface area contributed by atoms with Crippen molar-refractivity contribution < 1.29 is 14.3 Å². The molecule has 0 saturated carbocycles. The number of phenolic OH excluding ortho intramolecular Hbond substituents is 1. The lowest BCUT2D eigenvalue weighted by molar-refractivity contribution is 0.103. The molecule has 0 unspecified atom stereocenters. The first kappa shape index (κ1) is 23.4. The lowest BCUT2D eigenvalue weighted by atomic mass is 9.96. The van der Waals surface area contributed by atoms with E-state index in [-0.39, 0.29) is 22.9 Å². The fourth-order valence-electron chi connectivity index (χ4n) is 4.40. The van der Waals surface area contributed by atoms with Crippen molar-refractivity contribution in [3.8, 4) is 5.75 Å². The molecule has 4 aromatic rings.